The van der Waals surface area contributed by atoms with Crippen LogP contribution in [-0.4, -0.2) is 51.3 Å². The molecule has 0 saturated heterocycles. The molecule has 0 heterocycles. The molecule has 0 amide bonds. The van der Waals surface area contributed by atoms with Crippen LogP contribution < -0.4 is 0 Å². The van der Waals surface area contributed by atoms with Crippen LogP contribution in [0.1, 0.15) is 38.8 Å². The monoisotopic (exact) mass is 524 g/mol. The topological polar surface area (TPSA) is 111 Å². The molecule has 0 saturated carbocycles. The quantitative estimate of drug-likeness (QED) is 0.139. The molecule has 12 heteroatoms. The van der Waals surface area contributed by atoms with E-state index >= 15 is 0 Å². The normalized spacial score (nSPS) is 13.2. The predicted molar refractivity (Wildman–Crippen MR) is 140 cm³/mol. The molecular formula is C23H34N4O6P2. The Morgan fingerprint density at radius 3 is 1.23 bits per heavy atom. The Labute approximate surface area is 209 Å². The number of nitro groups is 2. The Morgan fingerprint density at radius 2 is 0.971 bits per heavy atom. The molecule has 192 valence electrons. The fourth-order valence-corrected chi connectivity index (χ4v) is 8.43. The number of benzene rings is 2. The molecule has 10 nitrogen and oxygen atoms in total. The summed E-state index contributed by atoms with van der Waals surface area (Å²) < 4.78 is 17.4. The van der Waals surface area contributed by atoms with Crippen LogP contribution in [0.15, 0.2) is 48.5 Å². The average molecular weight is 524 g/mol. The third-order valence-corrected chi connectivity index (χ3v) is 10.6. The minimum absolute atomic E-state index is 0.0597. The maximum Gasteiger partial charge on any atom is 0.269 e. The van der Waals surface area contributed by atoms with Crippen molar-refractivity contribution in [3.8, 4) is 0 Å². The zero-order chi connectivity index (χ0) is 25.8. The summed E-state index contributed by atoms with van der Waals surface area (Å²) in [4.78, 5) is 21.0. The Kier molecular flexibility index (Phi) is 12.6. The van der Waals surface area contributed by atoms with Crippen LogP contribution in [-0.2, 0) is 22.3 Å². The minimum atomic E-state index is -0.973. The molecule has 2 rings (SSSR count). The molecule has 0 aliphatic rings. The van der Waals surface area contributed by atoms with Crippen molar-refractivity contribution in [2.24, 2.45) is 0 Å². The summed E-state index contributed by atoms with van der Waals surface area (Å²) in [6.45, 7) is 12.5. The first-order valence-corrected chi connectivity index (χ1v) is 14.4. The summed E-state index contributed by atoms with van der Waals surface area (Å²) in [5.41, 5.74) is 1.89. The Balaban J connectivity index is 2.13. The lowest BCUT2D eigenvalue weighted by atomic mass is 10.2. The summed E-state index contributed by atoms with van der Waals surface area (Å²) in [5.74, 6) is 0.730. The average Bonchev–Trinajstić information content (AvgIpc) is 2.87. The smallest absolute Gasteiger partial charge is 0.269 e. The van der Waals surface area contributed by atoms with Crippen molar-refractivity contribution in [3.63, 3.8) is 0 Å². The van der Waals surface area contributed by atoms with Crippen molar-refractivity contribution in [2.45, 2.75) is 40.9 Å². The Hall–Kier alpha value is -2.06. The number of nitro benzene ring substituents is 2. The van der Waals surface area contributed by atoms with E-state index in [0.29, 0.717) is 13.2 Å². The van der Waals surface area contributed by atoms with E-state index in [0.717, 1.165) is 43.2 Å². The van der Waals surface area contributed by atoms with Gasteiger partial charge in [-0.05, 0) is 35.4 Å². The first-order chi connectivity index (χ1) is 16.8. The molecule has 0 radical (unpaired) electrons. The van der Waals surface area contributed by atoms with E-state index in [9.17, 15) is 20.2 Å². The van der Waals surface area contributed by atoms with Gasteiger partial charge in [-0.2, -0.15) is 0 Å². The Morgan fingerprint density at radius 1 is 0.657 bits per heavy atom. The third-order valence-electron chi connectivity index (χ3n) is 5.39. The van der Waals surface area contributed by atoms with E-state index in [4.69, 9.17) is 9.05 Å². The molecule has 35 heavy (non-hydrogen) atoms. The highest BCUT2D eigenvalue weighted by Gasteiger charge is 2.27. The second kappa shape index (κ2) is 15.1. The molecule has 2 aromatic carbocycles. The van der Waals surface area contributed by atoms with Crippen molar-refractivity contribution < 1.29 is 18.9 Å². The molecule has 0 bridgehead atoms. The number of nitrogens with zero attached hydrogens (tertiary/aromatic N) is 4. The van der Waals surface area contributed by atoms with E-state index in [1.54, 1.807) is 24.3 Å². The van der Waals surface area contributed by atoms with Crippen molar-refractivity contribution in [3.05, 3.63) is 79.9 Å². The number of hydrogen-bond acceptors (Lipinski definition) is 8. The van der Waals surface area contributed by atoms with Crippen LogP contribution in [0.3, 0.4) is 0 Å². The second-order valence-electron chi connectivity index (χ2n) is 7.52. The van der Waals surface area contributed by atoms with E-state index in [1.165, 1.54) is 24.3 Å². The highest BCUT2D eigenvalue weighted by atomic mass is 31.2. The summed E-state index contributed by atoms with van der Waals surface area (Å²) in [6.07, 6.45) is 0. The lowest BCUT2D eigenvalue weighted by Crippen LogP contribution is -2.24. The zero-order valence-electron chi connectivity index (χ0n) is 20.7. The summed E-state index contributed by atoms with van der Waals surface area (Å²) in [6, 6.07) is 12.9. The van der Waals surface area contributed by atoms with Gasteiger partial charge >= 0.3 is 0 Å². The Bertz CT molecular complexity index is 849. The zero-order valence-corrected chi connectivity index (χ0v) is 22.5. The van der Waals surface area contributed by atoms with Crippen molar-refractivity contribution in [1.29, 1.82) is 0 Å². The van der Waals surface area contributed by atoms with Crippen molar-refractivity contribution >= 4 is 28.0 Å². The molecule has 0 aliphatic carbocycles. The van der Waals surface area contributed by atoms with Crippen LogP contribution in [0.5, 0.6) is 0 Å². The standard InChI is InChI=1S/C23H34N4O6P2/c1-5-24(6-2)34(32-17-20-9-13-22(14-10-20)26(28)29)19-35(25(7-3)8-4)33-18-21-11-15-23(16-12-21)27(30)31/h9-16H,5-8,17-19H2,1-4H3. The van der Waals surface area contributed by atoms with Crippen LogP contribution in [0, 0.1) is 20.2 Å². The van der Waals surface area contributed by atoms with Gasteiger partial charge in [0.1, 0.15) is 16.6 Å². The van der Waals surface area contributed by atoms with Crippen LogP contribution in [0.25, 0.3) is 0 Å². The van der Waals surface area contributed by atoms with Gasteiger partial charge in [0.15, 0.2) is 0 Å². The maximum atomic E-state index is 10.9. The highest BCUT2D eigenvalue weighted by molar-refractivity contribution is 7.67. The van der Waals surface area contributed by atoms with Gasteiger partial charge in [0, 0.05) is 50.4 Å². The van der Waals surface area contributed by atoms with E-state index in [-0.39, 0.29) is 11.4 Å². The lowest BCUT2D eigenvalue weighted by Gasteiger charge is -2.35. The third kappa shape index (κ3) is 9.15. The largest absolute Gasteiger partial charge is 0.338 e. The molecule has 0 fully saturated rings. The van der Waals surface area contributed by atoms with Crippen LogP contribution in [0.2, 0.25) is 0 Å². The van der Waals surface area contributed by atoms with Crippen LogP contribution in [0.4, 0.5) is 11.4 Å². The van der Waals surface area contributed by atoms with Gasteiger partial charge < -0.3 is 9.05 Å². The number of hydrogen-bond donors (Lipinski definition) is 0. The van der Waals surface area contributed by atoms with Gasteiger partial charge in [0.2, 0.25) is 0 Å². The molecule has 0 N–H and O–H groups in total. The van der Waals surface area contributed by atoms with Crippen molar-refractivity contribution in [2.75, 3.05) is 32.1 Å². The first-order valence-electron chi connectivity index (χ1n) is 11.6. The summed E-state index contributed by atoms with van der Waals surface area (Å²) >= 11 is 0. The first kappa shape index (κ1) is 29.2. The SMILES string of the molecule is CCN(CC)P(CP(OCc1ccc([N+](=O)[O-])cc1)N(CC)CC)OCc1ccc([N+](=O)[O-])cc1. The fourth-order valence-electron chi connectivity index (χ4n) is 3.33. The maximum absolute atomic E-state index is 10.9. The molecule has 0 aromatic heterocycles. The number of rotatable bonds is 16. The molecule has 2 atom stereocenters. The summed E-state index contributed by atoms with van der Waals surface area (Å²) in [5, 5.41) is 21.8. The van der Waals surface area contributed by atoms with E-state index in [2.05, 4.69) is 37.0 Å². The predicted octanol–water partition coefficient (Wildman–Crippen LogP) is 6.50. The van der Waals surface area contributed by atoms with Gasteiger partial charge in [-0.1, -0.05) is 27.7 Å². The molecule has 2 unspecified atom stereocenters. The minimum Gasteiger partial charge on any atom is -0.338 e. The highest BCUT2D eigenvalue weighted by Crippen LogP contribution is 2.56. The van der Waals surface area contributed by atoms with Gasteiger partial charge in [-0.25, -0.2) is 0 Å². The molecular weight excluding hydrogens is 490 g/mol. The molecule has 0 aliphatic heterocycles. The van der Waals surface area contributed by atoms with Crippen molar-refractivity contribution in [1.82, 2.24) is 9.34 Å². The van der Waals surface area contributed by atoms with E-state index in [1.807, 2.05) is 0 Å². The van der Waals surface area contributed by atoms with Gasteiger partial charge in [0.25, 0.3) is 11.4 Å². The summed E-state index contributed by atoms with van der Waals surface area (Å²) in [7, 11) is -1.95. The number of non-ortho nitro benzene ring substituents is 2. The molecule has 0 spiro atoms. The lowest BCUT2D eigenvalue weighted by molar-refractivity contribution is -0.385. The van der Waals surface area contributed by atoms with Gasteiger partial charge in [0.05, 0.1) is 29.0 Å². The van der Waals surface area contributed by atoms with Crippen LogP contribution >= 0.6 is 16.6 Å². The molecule has 2 aromatic rings. The fraction of sp³-hybridized carbons (Fsp3) is 0.478. The van der Waals surface area contributed by atoms with Gasteiger partial charge in [-0.15, -0.1) is 0 Å². The van der Waals surface area contributed by atoms with Gasteiger partial charge in [-0.3, -0.25) is 29.6 Å². The van der Waals surface area contributed by atoms with E-state index < -0.39 is 26.4 Å². The second-order valence-corrected chi connectivity index (χ2v) is 11.7.